The predicted molar refractivity (Wildman–Crippen MR) is 75.8 cm³/mol. The van der Waals surface area contributed by atoms with E-state index in [4.69, 9.17) is 0 Å². The highest BCUT2D eigenvalue weighted by atomic mass is 16.3. The first kappa shape index (κ1) is 14.3. The van der Waals surface area contributed by atoms with Gasteiger partial charge < -0.3 is 15.3 Å². The largest absolute Gasteiger partial charge is 0.388 e. The molecule has 0 aliphatic carbocycles. The van der Waals surface area contributed by atoms with E-state index < -0.39 is 5.60 Å². The highest BCUT2D eigenvalue weighted by Crippen LogP contribution is 2.29. The van der Waals surface area contributed by atoms with Crippen LogP contribution in [0, 0.1) is 0 Å². The number of rotatable bonds is 3. The van der Waals surface area contributed by atoms with E-state index in [1.165, 1.54) is 38.8 Å². The van der Waals surface area contributed by atoms with Gasteiger partial charge in [-0.2, -0.15) is 0 Å². The minimum absolute atomic E-state index is 0.335. The van der Waals surface area contributed by atoms with Gasteiger partial charge in [0.25, 0.3) is 0 Å². The van der Waals surface area contributed by atoms with Crippen molar-refractivity contribution < 1.29 is 5.11 Å². The Bertz CT molecular complexity index is 239. The van der Waals surface area contributed by atoms with Crippen molar-refractivity contribution in [3.8, 4) is 0 Å². The summed E-state index contributed by atoms with van der Waals surface area (Å²) in [5.74, 6) is 0. The van der Waals surface area contributed by atoms with Crippen LogP contribution in [0.15, 0.2) is 0 Å². The average Bonchev–Trinajstić information content (AvgIpc) is 2.72. The number of likely N-dealkylation sites (tertiary alicyclic amines) is 1. The highest BCUT2D eigenvalue weighted by Gasteiger charge is 2.37. The first-order chi connectivity index (χ1) is 8.74. The van der Waals surface area contributed by atoms with E-state index in [-0.39, 0.29) is 0 Å². The molecule has 2 rings (SSSR count). The molecule has 0 aromatic carbocycles. The van der Waals surface area contributed by atoms with Gasteiger partial charge in [0.05, 0.1) is 5.60 Å². The summed E-state index contributed by atoms with van der Waals surface area (Å²) in [6, 6.07) is 0.335. The van der Waals surface area contributed by atoms with Crippen LogP contribution in [0.1, 0.15) is 58.3 Å². The molecule has 0 saturated carbocycles. The Morgan fingerprint density at radius 3 is 2.89 bits per heavy atom. The quantitative estimate of drug-likeness (QED) is 0.810. The normalized spacial score (nSPS) is 36.0. The van der Waals surface area contributed by atoms with Crippen molar-refractivity contribution >= 4 is 0 Å². The van der Waals surface area contributed by atoms with Crippen LogP contribution < -0.4 is 5.32 Å². The van der Waals surface area contributed by atoms with Crippen molar-refractivity contribution in [2.75, 3.05) is 26.2 Å². The van der Waals surface area contributed by atoms with Gasteiger partial charge in [0.2, 0.25) is 0 Å². The molecule has 2 fully saturated rings. The summed E-state index contributed by atoms with van der Waals surface area (Å²) >= 11 is 0. The van der Waals surface area contributed by atoms with E-state index in [2.05, 4.69) is 17.1 Å². The smallest absolute Gasteiger partial charge is 0.0812 e. The monoisotopic (exact) mass is 254 g/mol. The van der Waals surface area contributed by atoms with Crippen molar-refractivity contribution in [1.82, 2.24) is 10.2 Å². The van der Waals surface area contributed by atoms with E-state index in [1.807, 2.05) is 0 Å². The molecule has 106 valence electrons. The summed E-state index contributed by atoms with van der Waals surface area (Å²) < 4.78 is 0. The second-order valence-electron chi connectivity index (χ2n) is 6.15. The summed E-state index contributed by atoms with van der Waals surface area (Å²) in [5, 5.41) is 14.6. The topological polar surface area (TPSA) is 35.5 Å². The van der Waals surface area contributed by atoms with Gasteiger partial charge in [0.15, 0.2) is 0 Å². The highest BCUT2D eigenvalue weighted by molar-refractivity contribution is 4.94. The van der Waals surface area contributed by atoms with Gasteiger partial charge in [0.1, 0.15) is 0 Å². The molecule has 2 atom stereocenters. The third kappa shape index (κ3) is 3.69. The Balaban J connectivity index is 1.92. The van der Waals surface area contributed by atoms with Crippen LogP contribution in [0.2, 0.25) is 0 Å². The van der Waals surface area contributed by atoms with Gasteiger partial charge in [-0.05, 0) is 58.2 Å². The molecular formula is C15H30N2O. The van der Waals surface area contributed by atoms with Crippen LogP contribution in [0.4, 0.5) is 0 Å². The average molecular weight is 254 g/mol. The number of aliphatic hydroxyl groups is 1. The summed E-state index contributed by atoms with van der Waals surface area (Å²) in [5.41, 5.74) is -0.452. The maximum atomic E-state index is 11.0. The van der Waals surface area contributed by atoms with Crippen molar-refractivity contribution in [3.63, 3.8) is 0 Å². The standard InChI is InChI=1S/C15H30N2O/c1-2-11-17-12-6-8-15(18,9-13-17)14-7-4-3-5-10-16-14/h14,16,18H,2-13H2,1H3. The Kier molecular flexibility index (Phi) is 5.46. The minimum atomic E-state index is -0.452. The van der Waals surface area contributed by atoms with Crippen molar-refractivity contribution in [3.05, 3.63) is 0 Å². The SMILES string of the molecule is CCCN1CCCC(O)(C2CCCCCN2)CC1. The molecule has 0 bridgehead atoms. The maximum absolute atomic E-state index is 11.0. The fourth-order valence-electron chi connectivity index (χ4n) is 3.57. The molecule has 2 aliphatic rings. The molecule has 3 heteroatoms. The number of nitrogens with zero attached hydrogens (tertiary/aromatic N) is 1. The minimum Gasteiger partial charge on any atom is -0.388 e. The van der Waals surface area contributed by atoms with E-state index >= 15 is 0 Å². The van der Waals surface area contributed by atoms with Gasteiger partial charge in [-0.15, -0.1) is 0 Å². The molecule has 0 amide bonds. The van der Waals surface area contributed by atoms with E-state index in [9.17, 15) is 5.11 Å². The fraction of sp³-hybridized carbons (Fsp3) is 1.00. The molecule has 0 aromatic rings. The Hall–Kier alpha value is -0.120. The molecule has 2 aliphatic heterocycles. The number of hydrogen-bond acceptors (Lipinski definition) is 3. The molecule has 3 nitrogen and oxygen atoms in total. The number of hydrogen-bond donors (Lipinski definition) is 2. The van der Waals surface area contributed by atoms with Crippen LogP contribution in [-0.4, -0.2) is 47.8 Å². The summed E-state index contributed by atoms with van der Waals surface area (Å²) in [4.78, 5) is 2.52. The van der Waals surface area contributed by atoms with E-state index in [1.54, 1.807) is 0 Å². The lowest BCUT2D eigenvalue weighted by atomic mass is 9.84. The van der Waals surface area contributed by atoms with Gasteiger partial charge in [-0.25, -0.2) is 0 Å². The first-order valence-electron chi connectivity index (χ1n) is 7.93. The molecule has 0 aromatic heterocycles. The maximum Gasteiger partial charge on any atom is 0.0812 e. The van der Waals surface area contributed by atoms with Crippen LogP contribution in [0.25, 0.3) is 0 Å². The van der Waals surface area contributed by atoms with Crippen LogP contribution >= 0.6 is 0 Å². The van der Waals surface area contributed by atoms with Crippen molar-refractivity contribution in [2.24, 2.45) is 0 Å². The van der Waals surface area contributed by atoms with Crippen LogP contribution in [0.3, 0.4) is 0 Å². The third-order valence-corrected chi connectivity index (χ3v) is 4.69. The zero-order valence-electron chi connectivity index (χ0n) is 12.0. The lowest BCUT2D eigenvalue weighted by Crippen LogP contribution is -2.51. The second-order valence-corrected chi connectivity index (χ2v) is 6.15. The predicted octanol–water partition coefficient (Wildman–Crippen LogP) is 2.15. The Labute approximate surface area is 112 Å². The lowest BCUT2D eigenvalue weighted by molar-refractivity contribution is -0.0130. The van der Waals surface area contributed by atoms with Crippen LogP contribution in [-0.2, 0) is 0 Å². The lowest BCUT2D eigenvalue weighted by Gasteiger charge is -2.35. The number of nitrogens with one attached hydrogen (secondary N) is 1. The summed E-state index contributed by atoms with van der Waals surface area (Å²) in [6.07, 6.45) is 9.32. The molecule has 2 heterocycles. The molecule has 18 heavy (non-hydrogen) atoms. The molecule has 0 radical (unpaired) electrons. The molecule has 2 saturated heterocycles. The zero-order valence-corrected chi connectivity index (χ0v) is 12.0. The molecular weight excluding hydrogens is 224 g/mol. The summed E-state index contributed by atoms with van der Waals surface area (Å²) in [6.45, 7) is 6.76. The van der Waals surface area contributed by atoms with Gasteiger partial charge >= 0.3 is 0 Å². The first-order valence-corrected chi connectivity index (χ1v) is 7.93. The van der Waals surface area contributed by atoms with Gasteiger partial charge in [-0.1, -0.05) is 19.8 Å². The van der Waals surface area contributed by atoms with Crippen molar-refractivity contribution in [1.29, 1.82) is 0 Å². The molecule has 0 spiro atoms. The van der Waals surface area contributed by atoms with Gasteiger partial charge in [-0.3, -0.25) is 0 Å². The fourth-order valence-corrected chi connectivity index (χ4v) is 3.57. The van der Waals surface area contributed by atoms with E-state index in [0.717, 1.165) is 38.8 Å². The Morgan fingerprint density at radius 1 is 1.17 bits per heavy atom. The van der Waals surface area contributed by atoms with Crippen LogP contribution in [0.5, 0.6) is 0 Å². The third-order valence-electron chi connectivity index (χ3n) is 4.69. The second kappa shape index (κ2) is 6.88. The van der Waals surface area contributed by atoms with Crippen molar-refractivity contribution in [2.45, 2.75) is 69.9 Å². The Morgan fingerprint density at radius 2 is 2.06 bits per heavy atom. The van der Waals surface area contributed by atoms with E-state index in [0.29, 0.717) is 6.04 Å². The molecule has 2 unspecified atom stereocenters. The van der Waals surface area contributed by atoms with Gasteiger partial charge in [0, 0.05) is 12.6 Å². The summed E-state index contributed by atoms with van der Waals surface area (Å²) in [7, 11) is 0. The molecule has 2 N–H and O–H groups in total. The zero-order chi connectivity index (χ0) is 12.8.